The van der Waals surface area contributed by atoms with E-state index in [1.54, 1.807) is 0 Å². The second-order valence-electron chi connectivity index (χ2n) is 13.9. The fourth-order valence-electron chi connectivity index (χ4n) is 8.46. The van der Waals surface area contributed by atoms with Crippen molar-refractivity contribution < 1.29 is 0 Å². The van der Waals surface area contributed by atoms with E-state index in [2.05, 4.69) is 183 Å². The van der Waals surface area contributed by atoms with Crippen molar-refractivity contribution in [2.24, 2.45) is 0 Å². The predicted molar refractivity (Wildman–Crippen MR) is 232 cm³/mol. The van der Waals surface area contributed by atoms with E-state index in [1.165, 1.54) is 63.8 Å². The molecule has 4 nitrogen and oxygen atoms in total. The van der Waals surface area contributed by atoms with Gasteiger partial charge >= 0.3 is 0 Å². The molecule has 0 amide bonds. The Morgan fingerprint density at radius 1 is 0.528 bits per heavy atom. The number of rotatable bonds is 3. The quantitative estimate of drug-likeness (QED) is 0.173. The van der Waals surface area contributed by atoms with Gasteiger partial charge in [0.25, 0.3) is 5.95 Å². The fourth-order valence-corrected chi connectivity index (χ4v) is 9.71. The Morgan fingerprint density at radius 3 is 2.06 bits per heavy atom. The molecule has 11 rings (SSSR count). The molecule has 0 N–H and O–H groups in total. The van der Waals surface area contributed by atoms with Crippen LogP contribution in [-0.2, 0) is 0 Å². The van der Waals surface area contributed by atoms with E-state index in [1.807, 2.05) is 11.3 Å². The molecule has 53 heavy (non-hydrogen) atoms. The minimum Gasteiger partial charge on any atom is -0.246 e. The molecule has 0 fully saturated rings. The normalized spacial score (nSPS) is 12.6. The molecule has 0 spiro atoms. The monoisotopic (exact) mass is 692 g/mol. The lowest BCUT2D eigenvalue weighted by molar-refractivity contribution is 0.933. The van der Waals surface area contributed by atoms with E-state index < -0.39 is 0 Å². The van der Waals surface area contributed by atoms with Gasteiger partial charge in [0.05, 0.1) is 33.0 Å². The van der Waals surface area contributed by atoms with Crippen molar-refractivity contribution in [3.63, 3.8) is 0 Å². The fraction of sp³-hybridized carbons (Fsp3) is 0. The van der Waals surface area contributed by atoms with E-state index in [-0.39, 0.29) is 0 Å². The molecule has 1 aliphatic rings. The maximum Gasteiger partial charge on any atom is 0.251 e. The SMILES string of the molecule is Bc1ccc(-c2nc(N3c4c(c5ccccc5c5c4sc4ccccc45)-c4c(ccc5ccccc45)N3c3ccccc3)nc3ccccc23)c(B)c1. The van der Waals surface area contributed by atoms with Crippen molar-refractivity contribution in [3.8, 4) is 22.4 Å². The third kappa shape index (κ3) is 4.44. The molecule has 0 radical (unpaired) electrons. The molecule has 0 aliphatic carbocycles. The summed E-state index contributed by atoms with van der Waals surface area (Å²) in [6.07, 6.45) is 0. The van der Waals surface area contributed by atoms with Crippen LogP contribution < -0.4 is 20.9 Å². The first-order valence-electron chi connectivity index (χ1n) is 18.0. The Bertz CT molecular complexity index is 3120. The summed E-state index contributed by atoms with van der Waals surface area (Å²) in [5, 5.41) is 13.1. The molecule has 246 valence electrons. The van der Waals surface area contributed by atoms with Crippen molar-refractivity contribution in [2.75, 3.05) is 10.0 Å². The number of hydrazine groups is 1. The van der Waals surface area contributed by atoms with Crippen molar-refractivity contribution in [2.45, 2.75) is 0 Å². The summed E-state index contributed by atoms with van der Waals surface area (Å²) >= 11 is 1.85. The van der Waals surface area contributed by atoms with Gasteiger partial charge in [0, 0.05) is 32.0 Å². The molecule has 8 aromatic carbocycles. The van der Waals surface area contributed by atoms with Crippen molar-refractivity contribution in [1.82, 2.24) is 9.97 Å². The van der Waals surface area contributed by atoms with Gasteiger partial charge in [-0.3, -0.25) is 0 Å². The van der Waals surface area contributed by atoms with Gasteiger partial charge in [-0.1, -0.05) is 138 Å². The molecular formula is C46H30B2N4S. The summed E-state index contributed by atoms with van der Waals surface area (Å²) in [7, 11) is 4.32. The number of benzene rings is 8. The van der Waals surface area contributed by atoms with E-state index in [4.69, 9.17) is 9.97 Å². The van der Waals surface area contributed by atoms with Gasteiger partial charge in [0.1, 0.15) is 15.7 Å². The summed E-state index contributed by atoms with van der Waals surface area (Å²) in [6.45, 7) is 0. The van der Waals surface area contributed by atoms with E-state index in [0.717, 1.165) is 39.2 Å². The molecule has 0 saturated carbocycles. The largest absolute Gasteiger partial charge is 0.251 e. The highest BCUT2D eigenvalue weighted by molar-refractivity contribution is 7.26. The number of nitrogens with zero attached hydrogens (tertiary/aromatic N) is 4. The Labute approximate surface area is 312 Å². The van der Waals surface area contributed by atoms with Crippen molar-refractivity contribution in [1.29, 1.82) is 0 Å². The van der Waals surface area contributed by atoms with Crippen LogP contribution in [0.3, 0.4) is 0 Å². The van der Waals surface area contributed by atoms with Gasteiger partial charge in [-0.05, 0) is 57.4 Å². The highest BCUT2D eigenvalue weighted by atomic mass is 32.1. The van der Waals surface area contributed by atoms with Crippen LogP contribution in [0.5, 0.6) is 0 Å². The molecule has 0 saturated heterocycles. The number of aromatic nitrogens is 2. The molecule has 0 bridgehead atoms. The van der Waals surface area contributed by atoms with Gasteiger partial charge in [-0.15, -0.1) is 11.3 Å². The lowest BCUT2D eigenvalue weighted by Crippen LogP contribution is -2.40. The number of para-hydroxylation sites is 2. The summed E-state index contributed by atoms with van der Waals surface area (Å²) in [6, 6.07) is 56.8. The lowest BCUT2D eigenvalue weighted by Gasteiger charge is -2.43. The minimum atomic E-state index is 0.622. The Morgan fingerprint density at radius 2 is 1.23 bits per heavy atom. The van der Waals surface area contributed by atoms with Crippen molar-refractivity contribution >= 4 is 114 Å². The standard InChI is InChI=1S/C46H30B2N4S/c47-28-23-24-33(36(48)26-28)43-34-18-8-10-20-37(34)49-46(50-43)52-44-42(32-17-7-6-16-31(32)40-35-19-9-11-21-39(35)53-45(40)44)41-30-15-5-4-12-27(30)22-25-38(41)51(52)29-13-2-1-3-14-29/h1-26H,47-48H2. The zero-order chi connectivity index (χ0) is 35.2. The highest BCUT2D eigenvalue weighted by Gasteiger charge is 2.38. The Kier molecular flexibility index (Phi) is 6.58. The summed E-state index contributed by atoms with van der Waals surface area (Å²) in [5.41, 5.74) is 11.0. The molecule has 10 aromatic rings. The molecule has 3 heterocycles. The van der Waals surface area contributed by atoms with Gasteiger partial charge in [0.15, 0.2) is 0 Å². The third-order valence-corrected chi connectivity index (χ3v) is 11.9. The van der Waals surface area contributed by atoms with Crippen LogP contribution in [0, 0.1) is 0 Å². The third-order valence-electron chi connectivity index (χ3n) is 10.7. The maximum absolute atomic E-state index is 5.61. The Balaban J connectivity index is 1.36. The van der Waals surface area contributed by atoms with E-state index in [9.17, 15) is 0 Å². The van der Waals surface area contributed by atoms with Gasteiger partial charge in [-0.2, -0.15) is 0 Å². The van der Waals surface area contributed by atoms with Crippen LogP contribution in [0.15, 0.2) is 158 Å². The summed E-state index contributed by atoms with van der Waals surface area (Å²) in [4.78, 5) is 11.1. The average Bonchev–Trinajstić information content (AvgIpc) is 3.60. The first kappa shape index (κ1) is 30.2. The minimum absolute atomic E-state index is 0.622. The van der Waals surface area contributed by atoms with Gasteiger partial charge in [0.2, 0.25) is 0 Å². The van der Waals surface area contributed by atoms with Crippen LogP contribution in [0.25, 0.3) is 75.0 Å². The topological polar surface area (TPSA) is 32.3 Å². The number of thiophene rings is 1. The van der Waals surface area contributed by atoms with Crippen LogP contribution in [0.4, 0.5) is 23.0 Å². The zero-order valence-electron chi connectivity index (χ0n) is 29.2. The predicted octanol–water partition coefficient (Wildman–Crippen LogP) is 9.36. The van der Waals surface area contributed by atoms with Crippen molar-refractivity contribution in [3.05, 3.63) is 158 Å². The van der Waals surface area contributed by atoms with Crippen LogP contribution in [0.2, 0.25) is 0 Å². The van der Waals surface area contributed by atoms with Crippen LogP contribution >= 0.6 is 11.3 Å². The second kappa shape index (κ2) is 11.5. The van der Waals surface area contributed by atoms with Crippen LogP contribution in [0.1, 0.15) is 0 Å². The molecule has 1 aliphatic heterocycles. The first-order chi connectivity index (χ1) is 26.1. The summed E-state index contributed by atoms with van der Waals surface area (Å²) in [5.74, 6) is 0.622. The smallest absolute Gasteiger partial charge is 0.246 e. The van der Waals surface area contributed by atoms with E-state index >= 15 is 0 Å². The second-order valence-corrected chi connectivity index (χ2v) is 15.0. The molecule has 0 unspecified atom stereocenters. The highest BCUT2D eigenvalue weighted by Crippen LogP contribution is 2.58. The summed E-state index contributed by atoms with van der Waals surface area (Å²) < 4.78 is 2.47. The molecule has 2 aromatic heterocycles. The van der Waals surface area contributed by atoms with Gasteiger partial charge in [-0.25, -0.2) is 20.0 Å². The molecule has 0 atom stereocenters. The van der Waals surface area contributed by atoms with E-state index in [0.29, 0.717) is 5.95 Å². The number of hydrogen-bond acceptors (Lipinski definition) is 5. The average molecular weight is 692 g/mol. The molecular weight excluding hydrogens is 662 g/mol. The number of hydrogen-bond donors (Lipinski definition) is 0. The maximum atomic E-state index is 5.61. The number of fused-ring (bicyclic) bond motifs is 13. The first-order valence-corrected chi connectivity index (χ1v) is 18.8. The Hall–Kier alpha value is -6.43. The number of anilines is 4. The van der Waals surface area contributed by atoms with Gasteiger partial charge < -0.3 is 0 Å². The molecule has 7 heteroatoms. The van der Waals surface area contributed by atoms with Crippen LogP contribution in [-0.4, -0.2) is 25.7 Å². The zero-order valence-corrected chi connectivity index (χ0v) is 30.0. The lowest BCUT2D eigenvalue weighted by atomic mass is 9.82.